The Morgan fingerprint density at radius 1 is 1.32 bits per heavy atom. The first kappa shape index (κ1) is 14.1. The molecule has 0 bridgehead atoms. The molecular weight excluding hydrogens is 248 g/mol. The first-order chi connectivity index (χ1) is 8.89. The first-order valence-electron chi connectivity index (χ1n) is 6.89. The van der Waals surface area contributed by atoms with Crippen molar-refractivity contribution in [1.29, 1.82) is 0 Å². The third-order valence-corrected chi connectivity index (χ3v) is 3.87. The van der Waals surface area contributed by atoms with Crippen LogP contribution < -0.4 is 0 Å². The minimum absolute atomic E-state index is 0.0902. The van der Waals surface area contributed by atoms with Crippen LogP contribution in [0.3, 0.4) is 0 Å². The molecule has 1 saturated carbocycles. The average molecular weight is 270 g/mol. The number of likely N-dealkylation sites (tertiary alicyclic amines) is 1. The lowest BCUT2D eigenvalue weighted by molar-refractivity contribution is -0.137. The van der Waals surface area contributed by atoms with Crippen LogP contribution >= 0.6 is 0 Å². The Balaban J connectivity index is 1.98. The van der Waals surface area contributed by atoms with Crippen molar-refractivity contribution in [1.82, 2.24) is 9.80 Å². The molecule has 1 saturated heterocycles. The maximum Gasteiger partial charge on any atom is 0.323 e. The van der Waals surface area contributed by atoms with Gasteiger partial charge in [0.15, 0.2) is 0 Å². The van der Waals surface area contributed by atoms with Gasteiger partial charge in [-0.1, -0.05) is 0 Å². The highest BCUT2D eigenvalue weighted by Gasteiger charge is 2.37. The molecular formula is C13H22N2O4. The number of carboxylic acids is 1. The fraction of sp³-hybridized carbons (Fsp3) is 0.846. The van der Waals surface area contributed by atoms with Gasteiger partial charge in [-0.3, -0.25) is 4.79 Å². The molecule has 6 nitrogen and oxygen atoms in total. The van der Waals surface area contributed by atoms with Gasteiger partial charge in [0.2, 0.25) is 0 Å². The second-order valence-electron chi connectivity index (χ2n) is 5.87. The van der Waals surface area contributed by atoms with Gasteiger partial charge in [0.1, 0.15) is 6.54 Å². The molecule has 1 heterocycles. The van der Waals surface area contributed by atoms with Crippen LogP contribution in [0, 0.1) is 0 Å². The molecule has 2 rings (SSSR count). The number of aliphatic hydroxyl groups is 1. The van der Waals surface area contributed by atoms with Gasteiger partial charge < -0.3 is 20.0 Å². The summed E-state index contributed by atoms with van der Waals surface area (Å²) in [6.45, 7) is 2.65. The van der Waals surface area contributed by atoms with Crippen LogP contribution in [0.5, 0.6) is 0 Å². The van der Waals surface area contributed by atoms with Gasteiger partial charge in [0.25, 0.3) is 0 Å². The summed E-state index contributed by atoms with van der Waals surface area (Å²) in [5, 5.41) is 18.9. The number of rotatable bonds is 3. The predicted octanol–water partition coefficient (Wildman–Crippen LogP) is 0.892. The Hall–Kier alpha value is -1.30. The summed E-state index contributed by atoms with van der Waals surface area (Å²) in [5.74, 6) is -0.970. The summed E-state index contributed by atoms with van der Waals surface area (Å²) in [6.07, 6.45) is 3.77. The molecule has 0 aromatic rings. The third-order valence-electron chi connectivity index (χ3n) is 3.87. The number of nitrogens with zero attached hydrogens (tertiary/aromatic N) is 2. The summed E-state index contributed by atoms with van der Waals surface area (Å²) in [6, 6.07) is -0.102. The van der Waals surface area contributed by atoms with Crippen molar-refractivity contribution in [2.24, 2.45) is 0 Å². The van der Waals surface area contributed by atoms with Crippen LogP contribution in [0.4, 0.5) is 4.79 Å². The van der Waals surface area contributed by atoms with Gasteiger partial charge in [0, 0.05) is 19.1 Å². The van der Waals surface area contributed by atoms with Gasteiger partial charge in [-0.05, 0) is 39.0 Å². The highest BCUT2D eigenvalue weighted by atomic mass is 16.4. The molecule has 0 radical (unpaired) electrons. The van der Waals surface area contributed by atoms with E-state index in [1.165, 1.54) is 4.90 Å². The monoisotopic (exact) mass is 270 g/mol. The van der Waals surface area contributed by atoms with Crippen molar-refractivity contribution < 1.29 is 19.8 Å². The van der Waals surface area contributed by atoms with Crippen LogP contribution in [0.15, 0.2) is 0 Å². The van der Waals surface area contributed by atoms with Crippen molar-refractivity contribution in [3.8, 4) is 0 Å². The van der Waals surface area contributed by atoms with Crippen molar-refractivity contribution >= 4 is 12.0 Å². The molecule has 19 heavy (non-hydrogen) atoms. The highest BCUT2D eigenvalue weighted by molar-refractivity contribution is 5.80. The first-order valence-corrected chi connectivity index (χ1v) is 6.89. The smallest absolute Gasteiger partial charge is 0.323 e. The predicted molar refractivity (Wildman–Crippen MR) is 68.8 cm³/mol. The van der Waals surface area contributed by atoms with Gasteiger partial charge in [-0.25, -0.2) is 4.79 Å². The fourth-order valence-electron chi connectivity index (χ4n) is 2.52. The summed E-state index contributed by atoms with van der Waals surface area (Å²) in [4.78, 5) is 26.4. The molecule has 108 valence electrons. The number of carbonyl (C=O) groups is 2. The third kappa shape index (κ3) is 3.83. The molecule has 2 N–H and O–H groups in total. The van der Waals surface area contributed by atoms with Crippen LogP contribution in [-0.2, 0) is 4.79 Å². The molecule has 1 atom stereocenters. The number of urea groups is 1. The zero-order valence-corrected chi connectivity index (χ0v) is 11.3. The standard InChI is InChI=1S/C13H22N2O4/c1-13(19)5-2-7-14(8-6-13)12(18)15(9-11(16)17)10-3-4-10/h10,19H,2-9H2,1H3,(H,16,17). The minimum Gasteiger partial charge on any atom is -0.480 e. The number of aliphatic carboxylic acids is 1. The van der Waals surface area contributed by atoms with Gasteiger partial charge >= 0.3 is 12.0 Å². The number of hydrogen-bond acceptors (Lipinski definition) is 3. The van der Waals surface area contributed by atoms with E-state index < -0.39 is 11.6 Å². The van der Waals surface area contributed by atoms with E-state index in [4.69, 9.17) is 5.11 Å². The van der Waals surface area contributed by atoms with E-state index in [0.717, 1.165) is 19.3 Å². The van der Waals surface area contributed by atoms with E-state index in [0.29, 0.717) is 25.9 Å². The van der Waals surface area contributed by atoms with E-state index in [2.05, 4.69) is 0 Å². The van der Waals surface area contributed by atoms with Crippen LogP contribution in [0.25, 0.3) is 0 Å². The fourth-order valence-corrected chi connectivity index (χ4v) is 2.52. The van der Waals surface area contributed by atoms with E-state index in [1.54, 1.807) is 11.8 Å². The van der Waals surface area contributed by atoms with E-state index in [9.17, 15) is 14.7 Å². The molecule has 2 aliphatic rings. The van der Waals surface area contributed by atoms with Gasteiger partial charge in [0.05, 0.1) is 5.60 Å². The van der Waals surface area contributed by atoms with E-state index in [1.807, 2.05) is 0 Å². The Labute approximate surface area is 113 Å². The summed E-state index contributed by atoms with van der Waals surface area (Å²) in [7, 11) is 0. The van der Waals surface area contributed by atoms with Crippen LogP contribution in [0.2, 0.25) is 0 Å². The topological polar surface area (TPSA) is 81.1 Å². The second kappa shape index (κ2) is 5.36. The van der Waals surface area contributed by atoms with Crippen molar-refractivity contribution in [2.75, 3.05) is 19.6 Å². The average Bonchev–Trinajstić information content (AvgIpc) is 3.12. The van der Waals surface area contributed by atoms with E-state index in [-0.39, 0.29) is 18.6 Å². The molecule has 1 unspecified atom stereocenters. The molecule has 0 aromatic heterocycles. The largest absolute Gasteiger partial charge is 0.480 e. The molecule has 1 aliphatic carbocycles. The Bertz CT molecular complexity index is 366. The molecule has 2 amide bonds. The number of hydrogen-bond donors (Lipinski definition) is 2. The van der Waals surface area contributed by atoms with Crippen molar-refractivity contribution in [3.05, 3.63) is 0 Å². The zero-order valence-electron chi connectivity index (χ0n) is 11.3. The quantitative estimate of drug-likeness (QED) is 0.798. The second-order valence-corrected chi connectivity index (χ2v) is 5.87. The van der Waals surface area contributed by atoms with Crippen molar-refractivity contribution in [3.63, 3.8) is 0 Å². The normalized spacial score (nSPS) is 27.8. The molecule has 0 aromatic carbocycles. The molecule has 1 aliphatic heterocycles. The highest BCUT2D eigenvalue weighted by Crippen LogP contribution is 2.29. The SMILES string of the molecule is CC1(O)CCCN(C(=O)N(CC(=O)O)C2CC2)CC1. The van der Waals surface area contributed by atoms with Crippen LogP contribution in [0.1, 0.15) is 39.0 Å². The Morgan fingerprint density at radius 2 is 2.00 bits per heavy atom. The lowest BCUT2D eigenvalue weighted by Crippen LogP contribution is -2.47. The maximum absolute atomic E-state index is 12.4. The zero-order chi connectivity index (χ0) is 14.0. The number of carbonyl (C=O) groups excluding carboxylic acids is 1. The molecule has 6 heteroatoms. The summed E-state index contributed by atoms with van der Waals surface area (Å²) < 4.78 is 0. The maximum atomic E-state index is 12.4. The van der Waals surface area contributed by atoms with Gasteiger partial charge in [-0.2, -0.15) is 0 Å². The van der Waals surface area contributed by atoms with Crippen molar-refractivity contribution in [2.45, 2.75) is 50.7 Å². The molecule has 0 spiro atoms. The lowest BCUT2D eigenvalue weighted by Gasteiger charge is -2.29. The van der Waals surface area contributed by atoms with Gasteiger partial charge in [-0.15, -0.1) is 0 Å². The Morgan fingerprint density at radius 3 is 2.58 bits per heavy atom. The van der Waals surface area contributed by atoms with E-state index >= 15 is 0 Å². The minimum atomic E-state index is -0.970. The number of amides is 2. The number of carboxylic acid groups (broad SMARTS) is 1. The summed E-state index contributed by atoms with van der Waals surface area (Å²) in [5.41, 5.74) is -0.716. The molecule has 2 fully saturated rings. The summed E-state index contributed by atoms with van der Waals surface area (Å²) >= 11 is 0. The Kier molecular flexibility index (Phi) is 3.99. The lowest BCUT2D eigenvalue weighted by atomic mass is 9.98. The van der Waals surface area contributed by atoms with Crippen LogP contribution in [-0.4, -0.2) is 63.3 Å².